The van der Waals surface area contributed by atoms with Crippen LogP contribution in [0.15, 0.2) is 36.4 Å². The van der Waals surface area contributed by atoms with Gasteiger partial charge in [0.25, 0.3) is 0 Å². The number of nitrogens with zero attached hydrogens (tertiary/aromatic N) is 3. The van der Waals surface area contributed by atoms with E-state index in [9.17, 15) is 80.2 Å². The van der Waals surface area contributed by atoms with Gasteiger partial charge < -0.3 is 14.2 Å². The first-order valence-corrected chi connectivity index (χ1v) is 13.8. The maximum absolute atomic E-state index is 12.6. The SMILES string of the molecule is CCOC(=O)c1ccc(C(F)(F)F)nc1C.CCOC(=O)c1ccc(C(F)(F)F)nc1C(F)(F)F.COC(=O)c1ccc(C(F)(F)F)nc1C(F)(F)F. The van der Waals surface area contributed by atoms with Gasteiger partial charge in [0.2, 0.25) is 0 Å². The smallest absolute Gasteiger partial charge is 0.434 e. The molecular weight excluding hydrogens is 771 g/mol. The van der Waals surface area contributed by atoms with E-state index in [2.05, 4.69) is 29.2 Å². The summed E-state index contributed by atoms with van der Waals surface area (Å²) >= 11 is 0. The molecule has 3 heterocycles. The number of esters is 3. The third-order valence-corrected chi connectivity index (χ3v) is 5.68. The van der Waals surface area contributed by atoms with Gasteiger partial charge in [-0.25, -0.2) is 29.3 Å². The van der Waals surface area contributed by atoms with Crippen LogP contribution in [-0.4, -0.2) is 53.2 Å². The Labute approximate surface area is 287 Å². The Morgan fingerprint density at radius 2 is 0.792 bits per heavy atom. The van der Waals surface area contributed by atoms with Gasteiger partial charge in [0.15, 0.2) is 11.4 Å². The van der Waals surface area contributed by atoms with Gasteiger partial charge in [-0.05, 0) is 57.2 Å². The van der Waals surface area contributed by atoms with Gasteiger partial charge in [0.05, 0.1) is 42.7 Å². The van der Waals surface area contributed by atoms with E-state index in [4.69, 9.17) is 0 Å². The second-order valence-corrected chi connectivity index (χ2v) is 9.44. The Hall–Kier alpha value is -5.19. The van der Waals surface area contributed by atoms with Crippen molar-refractivity contribution in [1.29, 1.82) is 0 Å². The number of aromatic nitrogens is 3. The lowest BCUT2D eigenvalue weighted by Crippen LogP contribution is -2.20. The average Bonchev–Trinajstić information content (AvgIpc) is 3.02. The number of carbonyl (C=O) groups is 3. The molecule has 0 atom stereocenters. The lowest BCUT2D eigenvalue weighted by molar-refractivity contribution is -0.151. The number of halogens is 15. The minimum atomic E-state index is -5.19. The number of alkyl halides is 15. The molecule has 24 heteroatoms. The van der Waals surface area contributed by atoms with Crippen molar-refractivity contribution < 1.29 is 94.5 Å². The minimum absolute atomic E-state index is 0.00766. The van der Waals surface area contributed by atoms with Gasteiger partial charge >= 0.3 is 48.8 Å². The Balaban J connectivity index is 0.000000399. The predicted molar refractivity (Wildman–Crippen MR) is 146 cm³/mol. The maximum atomic E-state index is 12.6. The van der Waals surface area contributed by atoms with Gasteiger partial charge in [0.1, 0.15) is 17.1 Å². The van der Waals surface area contributed by atoms with Crippen LogP contribution in [0.5, 0.6) is 0 Å². The number of carbonyl (C=O) groups excluding carboxylic acids is 3. The van der Waals surface area contributed by atoms with E-state index >= 15 is 0 Å². The first kappa shape index (κ1) is 45.8. The van der Waals surface area contributed by atoms with E-state index in [1.165, 1.54) is 13.8 Å². The van der Waals surface area contributed by atoms with Crippen LogP contribution >= 0.6 is 0 Å². The molecule has 3 aromatic heterocycles. The summed E-state index contributed by atoms with van der Waals surface area (Å²) in [6.45, 7) is 4.26. The molecule has 0 bridgehead atoms. The Morgan fingerprint density at radius 1 is 0.491 bits per heavy atom. The number of rotatable bonds is 5. The van der Waals surface area contributed by atoms with Gasteiger partial charge in [-0.3, -0.25) is 0 Å². The molecule has 0 fully saturated rings. The molecule has 0 radical (unpaired) electrons. The van der Waals surface area contributed by atoms with Crippen LogP contribution < -0.4 is 0 Å². The summed E-state index contributed by atoms with van der Waals surface area (Å²) in [4.78, 5) is 41.7. The summed E-state index contributed by atoms with van der Waals surface area (Å²) in [7, 11) is 0.806. The summed E-state index contributed by atoms with van der Waals surface area (Å²) in [6.07, 6.45) is -25.0. The Morgan fingerprint density at radius 3 is 1.08 bits per heavy atom. The van der Waals surface area contributed by atoms with E-state index in [-0.39, 0.29) is 30.5 Å². The van der Waals surface area contributed by atoms with Crippen molar-refractivity contribution in [1.82, 2.24) is 15.0 Å². The highest BCUT2D eigenvalue weighted by Gasteiger charge is 2.43. The predicted octanol–water partition coefficient (Wildman–Crippen LogP) is 8.79. The van der Waals surface area contributed by atoms with E-state index in [0.717, 1.165) is 19.2 Å². The molecule has 0 unspecified atom stereocenters. The molecular formula is C29H22F15N3O6. The molecule has 0 aliphatic rings. The molecule has 9 nitrogen and oxygen atoms in total. The number of aryl methyl sites for hydroxylation is 1. The molecule has 3 rings (SSSR count). The molecule has 0 aliphatic heterocycles. The van der Waals surface area contributed by atoms with Crippen LogP contribution in [0.3, 0.4) is 0 Å². The molecule has 0 saturated heterocycles. The van der Waals surface area contributed by atoms with Gasteiger partial charge in [-0.15, -0.1) is 0 Å². The summed E-state index contributed by atoms with van der Waals surface area (Å²) in [5.41, 5.74) is -10.4. The fraction of sp³-hybridized carbons (Fsp3) is 0.379. The molecule has 0 aromatic carbocycles. The topological polar surface area (TPSA) is 118 Å². The monoisotopic (exact) mass is 793 g/mol. The minimum Gasteiger partial charge on any atom is -0.465 e. The summed E-state index contributed by atoms with van der Waals surface area (Å²) in [6, 6.07) is 3.19. The highest BCUT2D eigenvalue weighted by Crippen LogP contribution is 2.36. The first-order chi connectivity index (χ1) is 24.0. The van der Waals surface area contributed by atoms with Crippen LogP contribution in [0.1, 0.15) is 79.1 Å². The third-order valence-electron chi connectivity index (χ3n) is 5.68. The quantitative estimate of drug-likeness (QED) is 0.142. The number of ether oxygens (including phenoxy) is 3. The average molecular weight is 793 g/mol. The lowest BCUT2D eigenvalue weighted by atomic mass is 10.1. The molecule has 0 N–H and O–H groups in total. The Kier molecular flexibility index (Phi) is 15.2. The molecule has 53 heavy (non-hydrogen) atoms. The van der Waals surface area contributed by atoms with Crippen molar-refractivity contribution in [3.63, 3.8) is 0 Å². The van der Waals surface area contributed by atoms with Crippen molar-refractivity contribution in [2.24, 2.45) is 0 Å². The van der Waals surface area contributed by atoms with Crippen LogP contribution in [0, 0.1) is 6.92 Å². The fourth-order valence-electron chi connectivity index (χ4n) is 3.46. The van der Waals surface area contributed by atoms with Crippen LogP contribution in [0.4, 0.5) is 65.9 Å². The second-order valence-electron chi connectivity index (χ2n) is 9.44. The molecule has 0 saturated carbocycles. The van der Waals surface area contributed by atoms with Crippen LogP contribution in [0.2, 0.25) is 0 Å². The van der Waals surface area contributed by atoms with Crippen molar-refractivity contribution >= 4 is 17.9 Å². The zero-order chi connectivity index (χ0) is 41.3. The van der Waals surface area contributed by atoms with Crippen molar-refractivity contribution in [3.8, 4) is 0 Å². The highest BCUT2D eigenvalue weighted by atomic mass is 19.4. The molecule has 0 spiro atoms. The summed E-state index contributed by atoms with van der Waals surface area (Å²) in [5.74, 6) is -3.46. The van der Waals surface area contributed by atoms with E-state index in [1.54, 1.807) is 6.92 Å². The maximum Gasteiger partial charge on any atom is 0.434 e. The summed E-state index contributed by atoms with van der Waals surface area (Å²) < 4.78 is 199. The standard InChI is InChI=1S/C10H7F6NO2.C10H10F3NO2.C9H5F6NO2/c1-2-19-8(18)5-3-4-6(9(11,12)13)17-7(5)10(14,15)16;1-3-16-9(15)7-4-5-8(10(11,12)13)14-6(7)2;1-18-7(17)4-2-3-5(8(10,11)12)16-6(4)9(13,14)15/h3-4H,2H2,1H3;4-5H,3H2,1-2H3;2-3H,1H3. The number of hydrogen-bond acceptors (Lipinski definition) is 9. The molecule has 0 amide bonds. The zero-order valence-electron chi connectivity index (χ0n) is 26.8. The van der Waals surface area contributed by atoms with Gasteiger partial charge in [-0.2, -0.15) is 65.9 Å². The molecule has 0 aliphatic carbocycles. The highest BCUT2D eigenvalue weighted by molar-refractivity contribution is 5.91. The van der Waals surface area contributed by atoms with Crippen molar-refractivity contribution in [3.05, 3.63) is 87.3 Å². The van der Waals surface area contributed by atoms with Crippen LogP contribution in [0.25, 0.3) is 0 Å². The third kappa shape index (κ3) is 13.4. The zero-order valence-corrected chi connectivity index (χ0v) is 26.8. The first-order valence-electron chi connectivity index (χ1n) is 13.8. The lowest BCUT2D eigenvalue weighted by Gasteiger charge is -2.13. The molecule has 3 aromatic rings. The molecule has 294 valence electrons. The van der Waals surface area contributed by atoms with Crippen LogP contribution in [-0.2, 0) is 45.1 Å². The van der Waals surface area contributed by atoms with Gasteiger partial charge in [-0.1, -0.05) is 0 Å². The van der Waals surface area contributed by atoms with Crippen molar-refractivity contribution in [2.75, 3.05) is 20.3 Å². The van der Waals surface area contributed by atoms with E-state index in [0.29, 0.717) is 18.2 Å². The largest absolute Gasteiger partial charge is 0.465 e. The normalized spacial score (nSPS) is 12.1. The second kappa shape index (κ2) is 17.6. The number of pyridine rings is 3. The number of hydrogen-bond donors (Lipinski definition) is 0. The van der Waals surface area contributed by atoms with Crippen molar-refractivity contribution in [2.45, 2.75) is 51.7 Å². The number of methoxy groups -OCH3 is 1. The van der Waals surface area contributed by atoms with E-state index in [1.807, 2.05) is 0 Å². The fourth-order valence-corrected chi connectivity index (χ4v) is 3.46. The summed E-state index contributed by atoms with van der Waals surface area (Å²) in [5, 5.41) is 0. The van der Waals surface area contributed by atoms with Gasteiger partial charge in [0, 0.05) is 0 Å². The van der Waals surface area contributed by atoms with E-state index < -0.39 is 88.4 Å². The Bertz CT molecular complexity index is 1750.